The average Bonchev–Trinajstić information content (AvgIpc) is 2.47. The molecule has 20 heavy (non-hydrogen) atoms. The molecule has 0 amide bonds. The topological polar surface area (TPSA) is 34.1 Å². The van der Waals surface area contributed by atoms with Gasteiger partial charge in [-0.25, -0.2) is 0 Å². The van der Waals surface area contributed by atoms with Gasteiger partial charge in [0.25, 0.3) is 0 Å². The summed E-state index contributed by atoms with van der Waals surface area (Å²) in [5, 5.41) is 3.41. The van der Waals surface area contributed by atoms with Gasteiger partial charge in [-0.3, -0.25) is 4.98 Å². The molecule has 3 heteroatoms. The van der Waals surface area contributed by atoms with Gasteiger partial charge < -0.3 is 10.1 Å². The first-order valence-corrected chi connectivity index (χ1v) is 7.11. The largest absolute Gasteiger partial charge is 0.489 e. The Labute approximate surface area is 121 Å². The predicted octanol–water partition coefficient (Wildman–Crippen LogP) is 3.47. The minimum atomic E-state index is 0.555. The molecule has 0 fully saturated rings. The van der Waals surface area contributed by atoms with Crippen molar-refractivity contribution in [2.45, 2.75) is 33.4 Å². The number of hydrogen-bond donors (Lipinski definition) is 1. The molecule has 2 aromatic rings. The maximum atomic E-state index is 5.93. The fourth-order valence-corrected chi connectivity index (χ4v) is 2.05. The fourth-order valence-electron chi connectivity index (χ4n) is 2.05. The van der Waals surface area contributed by atoms with Crippen LogP contribution < -0.4 is 10.1 Å². The molecule has 3 nitrogen and oxygen atoms in total. The molecule has 106 valence electrons. The van der Waals surface area contributed by atoms with Crippen molar-refractivity contribution in [1.82, 2.24) is 10.3 Å². The van der Waals surface area contributed by atoms with Crippen LogP contribution in [0.25, 0.3) is 0 Å². The molecule has 0 radical (unpaired) electrons. The molecule has 0 unspecified atom stereocenters. The van der Waals surface area contributed by atoms with Crippen LogP contribution in [-0.4, -0.2) is 11.5 Å². The molecule has 0 aliphatic rings. The fraction of sp³-hybridized carbons (Fsp3) is 0.353. The zero-order valence-corrected chi connectivity index (χ0v) is 12.2. The number of aromatic nitrogens is 1. The van der Waals surface area contributed by atoms with Gasteiger partial charge in [-0.15, -0.1) is 0 Å². The summed E-state index contributed by atoms with van der Waals surface area (Å²) in [4.78, 5) is 4.19. The molecule has 0 aliphatic heterocycles. The van der Waals surface area contributed by atoms with E-state index in [2.05, 4.69) is 29.4 Å². The van der Waals surface area contributed by atoms with E-state index in [4.69, 9.17) is 4.74 Å². The van der Waals surface area contributed by atoms with E-state index in [9.17, 15) is 0 Å². The van der Waals surface area contributed by atoms with Gasteiger partial charge >= 0.3 is 0 Å². The molecule has 1 heterocycles. The maximum absolute atomic E-state index is 5.93. The lowest BCUT2D eigenvalue weighted by molar-refractivity contribution is 0.301. The predicted molar refractivity (Wildman–Crippen MR) is 81.7 cm³/mol. The number of ether oxygens (including phenoxy) is 1. The van der Waals surface area contributed by atoms with E-state index in [1.807, 2.05) is 37.5 Å². The summed E-state index contributed by atoms with van der Waals surface area (Å²) in [6.07, 6.45) is 4.84. The first-order valence-electron chi connectivity index (χ1n) is 7.11. The Morgan fingerprint density at radius 3 is 2.85 bits per heavy atom. The van der Waals surface area contributed by atoms with E-state index in [1.54, 1.807) is 0 Å². The molecule has 1 aromatic carbocycles. The second-order valence-corrected chi connectivity index (χ2v) is 4.94. The molecule has 1 aromatic heterocycles. The minimum absolute atomic E-state index is 0.555. The Morgan fingerprint density at radius 2 is 2.05 bits per heavy atom. The van der Waals surface area contributed by atoms with Crippen LogP contribution in [0.1, 0.15) is 30.0 Å². The summed E-state index contributed by atoms with van der Waals surface area (Å²) >= 11 is 0. The number of nitrogens with zero attached hydrogens (tertiary/aromatic N) is 1. The number of aryl methyl sites for hydroxylation is 1. The number of para-hydroxylation sites is 1. The highest BCUT2D eigenvalue weighted by Crippen LogP contribution is 2.19. The molecule has 0 spiro atoms. The summed E-state index contributed by atoms with van der Waals surface area (Å²) in [5.41, 5.74) is 3.45. The number of rotatable bonds is 7. The van der Waals surface area contributed by atoms with E-state index in [0.717, 1.165) is 36.4 Å². The van der Waals surface area contributed by atoms with E-state index in [0.29, 0.717) is 6.61 Å². The summed E-state index contributed by atoms with van der Waals surface area (Å²) in [5.74, 6) is 0.942. The molecule has 0 aliphatic carbocycles. The molecule has 0 bridgehead atoms. The Kier molecular flexibility index (Phi) is 5.56. The van der Waals surface area contributed by atoms with Crippen molar-refractivity contribution in [3.8, 4) is 5.75 Å². The quantitative estimate of drug-likeness (QED) is 0.782. The van der Waals surface area contributed by atoms with Gasteiger partial charge in [-0.05, 0) is 37.6 Å². The highest BCUT2D eigenvalue weighted by atomic mass is 16.5. The zero-order chi connectivity index (χ0) is 14.2. The van der Waals surface area contributed by atoms with Crippen LogP contribution in [0, 0.1) is 6.92 Å². The van der Waals surface area contributed by atoms with Crippen molar-refractivity contribution in [2.24, 2.45) is 0 Å². The Morgan fingerprint density at radius 1 is 1.20 bits per heavy atom. The Hall–Kier alpha value is -1.87. The lowest BCUT2D eigenvalue weighted by Crippen LogP contribution is -2.14. The van der Waals surface area contributed by atoms with E-state index < -0.39 is 0 Å². The van der Waals surface area contributed by atoms with Crippen LogP contribution in [0.5, 0.6) is 5.75 Å². The van der Waals surface area contributed by atoms with Crippen LogP contribution in [-0.2, 0) is 13.2 Å². The van der Waals surface area contributed by atoms with Crippen molar-refractivity contribution in [2.75, 3.05) is 6.54 Å². The van der Waals surface area contributed by atoms with Crippen molar-refractivity contribution >= 4 is 0 Å². The normalized spacial score (nSPS) is 10.5. The number of hydrogen-bond acceptors (Lipinski definition) is 3. The third-order valence-corrected chi connectivity index (χ3v) is 3.04. The standard InChI is InChI=1S/C17H22N2O/c1-3-8-18-12-16-6-4-5-7-17(16)20-13-15-9-14(2)10-19-11-15/h4-7,9-11,18H,3,8,12-13H2,1-2H3. The molecule has 0 atom stereocenters. The van der Waals surface area contributed by atoms with Crippen molar-refractivity contribution < 1.29 is 4.74 Å². The molecule has 2 rings (SSSR count). The van der Waals surface area contributed by atoms with E-state index in [-0.39, 0.29) is 0 Å². The van der Waals surface area contributed by atoms with Crippen LogP contribution >= 0.6 is 0 Å². The highest BCUT2D eigenvalue weighted by molar-refractivity contribution is 5.33. The van der Waals surface area contributed by atoms with Gasteiger partial charge in [0.1, 0.15) is 12.4 Å². The number of benzene rings is 1. The molecule has 0 saturated carbocycles. The highest BCUT2D eigenvalue weighted by Gasteiger charge is 2.03. The lowest BCUT2D eigenvalue weighted by atomic mass is 10.2. The first-order chi connectivity index (χ1) is 9.79. The zero-order valence-electron chi connectivity index (χ0n) is 12.2. The van der Waals surface area contributed by atoms with Crippen LogP contribution in [0.2, 0.25) is 0 Å². The SMILES string of the molecule is CCCNCc1ccccc1OCc1cncc(C)c1. The van der Waals surface area contributed by atoms with Gasteiger partial charge in [0, 0.05) is 30.1 Å². The molecule has 1 N–H and O–H groups in total. The summed E-state index contributed by atoms with van der Waals surface area (Å²) < 4.78 is 5.93. The third-order valence-electron chi connectivity index (χ3n) is 3.04. The van der Waals surface area contributed by atoms with Crippen molar-refractivity contribution in [1.29, 1.82) is 0 Å². The Balaban J connectivity index is 1.98. The summed E-state index contributed by atoms with van der Waals surface area (Å²) in [6, 6.07) is 10.3. The van der Waals surface area contributed by atoms with Crippen molar-refractivity contribution in [3.05, 3.63) is 59.4 Å². The third kappa shape index (κ3) is 4.35. The average molecular weight is 270 g/mol. The number of pyridine rings is 1. The second kappa shape index (κ2) is 7.65. The van der Waals surface area contributed by atoms with Crippen LogP contribution in [0.4, 0.5) is 0 Å². The van der Waals surface area contributed by atoms with E-state index >= 15 is 0 Å². The minimum Gasteiger partial charge on any atom is -0.489 e. The van der Waals surface area contributed by atoms with Gasteiger partial charge in [0.2, 0.25) is 0 Å². The van der Waals surface area contributed by atoms with Gasteiger partial charge in [0.05, 0.1) is 0 Å². The molecular formula is C17H22N2O. The van der Waals surface area contributed by atoms with Gasteiger partial charge in [-0.1, -0.05) is 25.1 Å². The van der Waals surface area contributed by atoms with Gasteiger partial charge in [-0.2, -0.15) is 0 Å². The van der Waals surface area contributed by atoms with Crippen LogP contribution in [0.15, 0.2) is 42.7 Å². The number of nitrogens with one attached hydrogen (secondary N) is 1. The summed E-state index contributed by atoms with van der Waals surface area (Å²) in [7, 11) is 0. The molecule has 0 saturated heterocycles. The second-order valence-electron chi connectivity index (χ2n) is 4.94. The monoisotopic (exact) mass is 270 g/mol. The first kappa shape index (κ1) is 14.5. The van der Waals surface area contributed by atoms with Crippen LogP contribution in [0.3, 0.4) is 0 Å². The Bertz CT molecular complexity index is 540. The smallest absolute Gasteiger partial charge is 0.124 e. The van der Waals surface area contributed by atoms with Gasteiger partial charge in [0.15, 0.2) is 0 Å². The summed E-state index contributed by atoms with van der Waals surface area (Å²) in [6.45, 7) is 6.63. The lowest BCUT2D eigenvalue weighted by Gasteiger charge is -2.12. The van der Waals surface area contributed by atoms with E-state index in [1.165, 1.54) is 5.56 Å². The van der Waals surface area contributed by atoms with Crippen molar-refractivity contribution in [3.63, 3.8) is 0 Å². The molecular weight excluding hydrogens is 248 g/mol. The maximum Gasteiger partial charge on any atom is 0.124 e.